The smallest absolute Gasteiger partial charge is 0.267 e. The Hall–Kier alpha value is -2.00. The largest absolute Gasteiger partial charge is 0.281 e. The first-order valence-corrected chi connectivity index (χ1v) is 10.00. The van der Waals surface area contributed by atoms with E-state index < -0.39 is 15.9 Å². The van der Waals surface area contributed by atoms with Crippen molar-refractivity contribution in [1.82, 2.24) is 9.84 Å². The van der Waals surface area contributed by atoms with Crippen molar-refractivity contribution in [2.24, 2.45) is 0 Å². The lowest BCUT2D eigenvalue weighted by atomic mass is 10.1. The van der Waals surface area contributed by atoms with E-state index in [4.69, 9.17) is 12.2 Å². The Kier molecular flexibility index (Phi) is 5.05. The lowest BCUT2D eigenvalue weighted by molar-refractivity contribution is -0.123. The van der Waals surface area contributed by atoms with Crippen LogP contribution in [0.3, 0.4) is 0 Å². The lowest BCUT2D eigenvalue weighted by Crippen LogP contribution is -2.44. The first kappa shape index (κ1) is 17.8. The van der Waals surface area contributed by atoms with E-state index in [1.807, 2.05) is 31.2 Å². The van der Waals surface area contributed by atoms with Gasteiger partial charge in [-0.05, 0) is 30.7 Å². The molecule has 0 spiro atoms. The highest BCUT2D eigenvalue weighted by Crippen LogP contribution is 2.32. The van der Waals surface area contributed by atoms with Crippen LogP contribution in [0.5, 0.6) is 0 Å². The molecule has 5 nitrogen and oxygen atoms in total. The quantitative estimate of drug-likeness (QED) is 0.642. The monoisotopic (exact) mass is 390 g/mol. The average molecular weight is 391 g/mol. The van der Waals surface area contributed by atoms with Crippen LogP contribution in [0, 0.1) is 6.92 Å². The fraction of sp³-hybridized carbons (Fsp3) is 0.0588. The predicted molar refractivity (Wildman–Crippen MR) is 103 cm³/mol. The molecule has 3 rings (SSSR count). The number of hydrogen-bond acceptors (Lipinski definition) is 5. The summed E-state index contributed by atoms with van der Waals surface area (Å²) in [6.45, 7) is 1.95. The minimum absolute atomic E-state index is 0.0618. The van der Waals surface area contributed by atoms with Gasteiger partial charge in [-0.1, -0.05) is 72.0 Å². The first-order chi connectivity index (χ1) is 11.9. The van der Waals surface area contributed by atoms with E-state index in [9.17, 15) is 13.2 Å². The number of aryl methyl sites for hydroxylation is 1. The van der Waals surface area contributed by atoms with E-state index >= 15 is 0 Å². The Morgan fingerprint density at radius 3 is 2.52 bits per heavy atom. The second kappa shape index (κ2) is 7.09. The summed E-state index contributed by atoms with van der Waals surface area (Å²) in [6.07, 6.45) is 1.70. The molecule has 0 atom stereocenters. The van der Waals surface area contributed by atoms with Crippen LogP contribution in [0.1, 0.15) is 11.1 Å². The highest BCUT2D eigenvalue weighted by Gasteiger charge is 2.35. The molecule has 25 heavy (non-hydrogen) atoms. The molecule has 0 aromatic heterocycles. The van der Waals surface area contributed by atoms with Crippen molar-refractivity contribution in [2.45, 2.75) is 11.8 Å². The summed E-state index contributed by atoms with van der Waals surface area (Å²) in [5, 5.41) is 0.893. The van der Waals surface area contributed by atoms with Crippen molar-refractivity contribution in [1.29, 1.82) is 0 Å². The van der Waals surface area contributed by atoms with E-state index in [-0.39, 0.29) is 9.22 Å². The number of carbonyl (C=O) groups is 1. The maximum Gasteiger partial charge on any atom is 0.281 e. The number of benzene rings is 2. The maximum atomic E-state index is 12.5. The second-order valence-electron chi connectivity index (χ2n) is 5.34. The number of hydrazine groups is 1. The van der Waals surface area contributed by atoms with Gasteiger partial charge in [-0.3, -0.25) is 4.79 Å². The van der Waals surface area contributed by atoms with Crippen molar-refractivity contribution in [2.75, 3.05) is 0 Å². The predicted octanol–water partition coefficient (Wildman–Crippen LogP) is 3.09. The van der Waals surface area contributed by atoms with Crippen LogP contribution in [0.2, 0.25) is 0 Å². The second-order valence-corrected chi connectivity index (χ2v) is 8.68. The zero-order valence-corrected chi connectivity index (χ0v) is 15.6. The molecule has 0 bridgehead atoms. The van der Waals surface area contributed by atoms with Gasteiger partial charge in [-0.2, -0.15) is 0 Å². The van der Waals surface area contributed by atoms with Gasteiger partial charge in [0.1, 0.15) is 0 Å². The molecule has 1 N–H and O–H groups in total. The van der Waals surface area contributed by atoms with E-state index in [1.165, 1.54) is 12.1 Å². The molecule has 1 saturated heterocycles. The van der Waals surface area contributed by atoms with Crippen molar-refractivity contribution in [3.8, 4) is 0 Å². The molecule has 0 radical (unpaired) electrons. The number of thiocarbonyl (C=S) groups is 1. The van der Waals surface area contributed by atoms with Crippen LogP contribution in [0.15, 0.2) is 64.4 Å². The van der Waals surface area contributed by atoms with Crippen LogP contribution in [-0.2, 0) is 14.8 Å². The summed E-state index contributed by atoms with van der Waals surface area (Å²) in [5.41, 5.74) is 1.92. The molecule has 2 aromatic carbocycles. The Labute approximate surface area is 155 Å². The van der Waals surface area contributed by atoms with Crippen LogP contribution in [-0.4, -0.2) is 23.7 Å². The van der Waals surface area contributed by atoms with E-state index in [0.717, 1.165) is 27.9 Å². The summed E-state index contributed by atoms with van der Waals surface area (Å²) < 4.78 is 24.9. The van der Waals surface area contributed by atoms with Crippen molar-refractivity contribution >= 4 is 50.3 Å². The maximum absolute atomic E-state index is 12.5. The molecule has 0 aliphatic carbocycles. The summed E-state index contributed by atoms with van der Waals surface area (Å²) in [4.78, 5) is 15.2. The van der Waals surface area contributed by atoms with Gasteiger partial charge < -0.3 is 0 Å². The Morgan fingerprint density at radius 1 is 1.12 bits per heavy atom. The number of nitrogens with one attached hydrogen (secondary N) is 1. The highest BCUT2D eigenvalue weighted by molar-refractivity contribution is 8.26. The molecule has 2 aromatic rings. The molecular weight excluding hydrogens is 376 g/mol. The SMILES string of the molecule is Cc1cccc(/C=C2\SC(=S)N(NS(=O)(=O)c3ccccc3)C2=O)c1. The van der Waals surface area contributed by atoms with Gasteiger partial charge in [0.25, 0.3) is 15.9 Å². The van der Waals surface area contributed by atoms with Gasteiger partial charge >= 0.3 is 0 Å². The fourth-order valence-electron chi connectivity index (χ4n) is 2.23. The van der Waals surface area contributed by atoms with Gasteiger partial charge in [-0.15, -0.1) is 4.83 Å². The van der Waals surface area contributed by atoms with Gasteiger partial charge in [0.15, 0.2) is 4.32 Å². The Balaban J connectivity index is 1.85. The van der Waals surface area contributed by atoms with Gasteiger partial charge in [0, 0.05) is 0 Å². The summed E-state index contributed by atoms with van der Waals surface area (Å²) in [5.74, 6) is -0.490. The molecule has 8 heteroatoms. The van der Waals surface area contributed by atoms with Gasteiger partial charge in [0.05, 0.1) is 9.80 Å². The number of hydrogen-bond donors (Lipinski definition) is 1. The molecule has 0 unspecified atom stereocenters. The van der Waals surface area contributed by atoms with Crippen LogP contribution in [0.25, 0.3) is 6.08 Å². The minimum atomic E-state index is -3.89. The number of nitrogens with zero attached hydrogens (tertiary/aromatic N) is 1. The third kappa shape index (κ3) is 3.98. The Bertz CT molecular complexity index is 970. The lowest BCUT2D eigenvalue weighted by Gasteiger charge is -2.15. The summed E-state index contributed by atoms with van der Waals surface area (Å²) >= 11 is 6.22. The van der Waals surface area contributed by atoms with Crippen LogP contribution >= 0.6 is 24.0 Å². The molecule has 128 valence electrons. The summed E-state index contributed by atoms with van der Waals surface area (Å²) in [7, 11) is -3.89. The molecule has 1 heterocycles. The van der Waals surface area contributed by atoms with Crippen molar-refractivity contribution < 1.29 is 13.2 Å². The third-order valence-electron chi connectivity index (χ3n) is 3.40. The zero-order chi connectivity index (χ0) is 18.0. The van der Waals surface area contributed by atoms with E-state index in [0.29, 0.717) is 4.91 Å². The number of amides is 1. The van der Waals surface area contributed by atoms with Gasteiger partial charge in [-0.25, -0.2) is 13.4 Å². The zero-order valence-electron chi connectivity index (χ0n) is 13.2. The highest BCUT2D eigenvalue weighted by atomic mass is 32.2. The van der Waals surface area contributed by atoms with Crippen LogP contribution in [0.4, 0.5) is 0 Å². The number of sulfonamides is 1. The molecule has 1 fully saturated rings. The molecule has 0 saturated carbocycles. The Morgan fingerprint density at radius 2 is 1.84 bits per heavy atom. The minimum Gasteiger partial charge on any atom is -0.267 e. The van der Waals surface area contributed by atoms with E-state index in [1.54, 1.807) is 24.3 Å². The molecular formula is C17H14N2O3S3. The van der Waals surface area contributed by atoms with Crippen molar-refractivity contribution in [3.05, 3.63) is 70.6 Å². The third-order valence-corrected chi connectivity index (χ3v) is 6.02. The fourth-order valence-corrected chi connectivity index (χ4v) is 4.56. The number of rotatable bonds is 4. The normalized spacial score (nSPS) is 16.7. The first-order valence-electron chi connectivity index (χ1n) is 7.29. The van der Waals surface area contributed by atoms with Crippen molar-refractivity contribution in [3.63, 3.8) is 0 Å². The number of thioether (sulfide) groups is 1. The summed E-state index contributed by atoms with van der Waals surface area (Å²) in [6, 6.07) is 15.5. The standard InChI is InChI=1S/C17H14N2O3S3/c1-12-6-5-7-13(10-12)11-15-16(20)19(17(23)24-15)18-25(21,22)14-8-3-2-4-9-14/h2-11,18H,1H3/b15-11-. The van der Waals surface area contributed by atoms with Crippen LogP contribution < -0.4 is 4.83 Å². The number of carbonyl (C=O) groups excluding carboxylic acids is 1. The van der Waals surface area contributed by atoms with E-state index in [2.05, 4.69) is 4.83 Å². The molecule has 1 aliphatic heterocycles. The average Bonchev–Trinajstić information content (AvgIpc) is 2.83. The molecule has 1 aliphatic rings. The van der Waals surface area contributed by atoms with Gasteiger partial charge in [0.2, 0.25) is 0 Å². The topological polar surface area (TPSA) is 66.5 Å². The molecule has 1 amide bonds.